The second-order valence-corrected chi connectivity index (χ2v) is 8.08. The van der Waals surface area contributed by atoms with Crippen LogP contribution in [0.25, 0.3) is 0 Å². The Morgan fingerprint density at radius 1 is 0.781 bits per heavy atom. The molecule has 164 valence electrons. The van der Waals surface area contributed by atoms with Gasteiger partial charge in [0.15, 0.2) is 0 Å². The topological polar surface area (TPSA) is 73.5 Å². The largest absolute Gasteiger partial charge is 0.326 e. The third kappa shape index (κ3) is 6.18. The monoisotopic (exact) mass is 428 g/mol. The lowest BCUT2D eigenvalue weighted by Gasteiger charge is -2.32. The van der Waals surface area contributed by atoms with Crippen LogP contribution in [0.1, 0.15) is 18.4 Å². The first-order valence-corrected chi connectivity index (χ1v) is 11.0. The van der Waals surface area contributed by atoms with E-state index in [1.54, 1.807) is 12.1 Å². The molecule has 0 saturated carbocycles. The van der Waals surface area contributed by atoms with E-state index >= 15 is 0 Å². The highest BCUT2D eigenvalue weighted by atomic mass is 16.2. The number of benzene rings is 3. The summed E-state index contributed by atoms with van der Waals surface area (Å²) in [6, 6.07) is 26.5. The third-order valence-electron chi connectivity index (χ3n) is 5.54. The minimum atomic E-state index is -0.330. The van der Waals surface area contributed by atoms with Crippen LogP contribution in [0.4, 0.5) is 21.9 Å². The molecule has 1 aliphatic rings. The minimum Gasteiger partial charge on any atom is -0.326 e. The van der Waals surface area contributed by atoms with Crippen molar-refractivity contribution < 1.29 is 9.59 Å². The fraction of sp³-hybridized carbons (Fsp3) is 0.231. The van der Waals surface area contributed by atoms with Gasteiger partial charge in [0.2, 0.25) is 5.91 Å². The maximum absolute atomic E-state index is 12.9. The Labute approximate surface area is 188 Å². The van der Waals surface area contributed by atoms with E-state index in [-0.39, 0.29) is 17.9 Å². The van der Waals surface area contributed by atoms with Crippen molar-refractivity contribution in [3.8, 4) is 0 Å². The molecule has 0 aliphatic carbocycles. The Balaban J connectivity index is 1.31. The van der Waals surface area contributed by atoms with Crippen LogP contribution in [0.2, 0.25) is 0 Å². The molecule has 6 nitrogen and oxygen atoms in total. The summed E-state index contributed by atoms with van der Waals surface area (Å²) >= 11 is 0. The summed E-state index contributed by atoms with van der Waals surface area (Å²) in [5.41, 5.74) is 3.27. The Bertz CT molecular complexity index is 1040. The van der Waals surface area contributed by atoms with Gasteiger partial charge in [0.25, 0.3) is 0 Å². The highest BCUT2D eigenvalue weighted by Gasteiger charge is 2.26. The predicted molar refractivity (Wildman–Crippen MR) is 129 cm³/mol. The number of hydrogen-bond donors (Lipinski definition) is 3. The van der Waals surface area contributed by atoms with Gasteiger partial charge >= 0.3 is 6.03 Å². The average Bonchev–Trinajstić information content (AvgIpc) is 2.81. The summed E-state index contributed by atoms with van der Waals surface area (Å²) in [4.78, 5) is 27.5. The van der Waals surface area contributed by atoms with Crippen molar-refractivity contribution in [2.45, 2.75) is 19.4 Å². The van der Waals surface area contributed by atoms with Gasteiger partial charge in [-0.25, -0.2) is 4.79 Å². The SMILES string of the molecule is O=C(Nc1ccccc1)Nc1cccc(NC(=O)[C@@H]2CCCN(Cc3ccccc3)C2)c1. The van der Waals surface area contributed by atoms with Crippen molar-refractivity contribution in [1.82, 2.24) is 4.90 Å². The molecule has 3 amide bonds. The molecule has 0 aromatic heterocycles. The van der Waals surface area contributed by atoms with Gasteiger partial charge in [0.1, 0.15) is 0 Å². The van der Waals surface area contributed by atoms with Crippen molar-refractivity contribution >= 4 is 29.0 Å². The summed E-state index contributed by atoms with van der Waals surface area (Å²) in [6.07, 6.45) is 1.89. The maximum Gasteiger partial charge on any atom is 0.323 e. The molecular weight excluding hydrogens is 400 g/mol. The number of para-hydroxylation sites is 1. The summed E-state index contributed by atoms with van der Waals surface area (Å²) in [5, 5.41) is 8.61. The molecule has 6 heteroatoms. The highest BCUT2D eigenvalue weighted by Crippen LogP contribution is 2.22. The van der Waals surface area contributed by atoms with E-state index in [2.05, 4.69) is 33.0 Å². The van der Waals surface area contributed by atoms with Crippen molar-refractivity contribution in [3.63, 3.8) is 0 Å². The number of anilines is 3. The quantitative estimate of drug-likeness (QED) is 0.506. The fourth-order valence-corrected chi connectivity index (χ4v) is 3.99. The van der Waals surface area contributed by atoms with Gasteiger partial charge in [0.05, 0.1) is 5.92 Å². The number of nitrogens with one attached hydrogen (secondary N) is 3. The maximum atomic E-state index is 12.9. The van der Waals surface area contributed by atoms with Crippen LogP contribution < -0.4 is 16.0 Å². The Hall–Kier alpha value is -3.64. The molecule has 1 atom stereocenters. The number of carbonyl (C=O) groups excluding carboxylic acids is 2. The Morgan fingerprint density at radius 2 is 1.41 bits per heavy atom. The first-order chi connectivity index (χ1) is 15.7. The zero-order valence-corrected chi connectivity index (χ0v) is 18.0. The number of carbonyl (C=O) groups is 2. The summed E-state index contributed by atoms with van der Waals surface area (Å²) < 4.78 is 0. The summed E-state index contributed by atoms with van der Waals surface area (Å²) in [6.45, 7) is 2.62. The zero-order chi connectivity index (χ0) is 22.2. The number of amides is 3. The number of likely N-dealkylation sites (tertiary alicyclic amines) is 1. The minimum absolute atomic E-state index is 0.0219. The molecule has 0 unspecified atom stereocenters. The van der Waals surface area contributed by atoms with Crippen LogP contribution in [0.5, 0.6) is 0 Å². The fourth-order valence-electron chi connectivity index (χ4n) is 3.99. The normalized spacial score (nSPS) is 16.2. The van der Waals surface area contributed by atoms with E-state index in [4.69, 9.17) is 0 Å². The summed E-state index contributed by atoms with van der Waals surface area (Å²) in [7, 11) is 0. The lowest BCUT2D eigenvalue weighted by molar-refractivity contribution is -0.121. The zero-order valence-electron chi connectivity index (χ0n) is 18.0. The Kier molecular flexibility index (Phi) is 7.15. The number of rotatable bonds is 6. The molecule has 1 fully saturated rings. The summed E-state index contributed by atoms with van der Waals surface area (Å²) in [5.74, 6) is -0.0286. The highest BCUT2D eigenvalue weighted by molar-refractivity contribution is 6.00. The van der Waals surface area contributed by atoms with Crippen LogP contribution in [0.3, 0.4) is 0 Å². The van der Waals surface area contributed by atoms with E-state index in [0.29, 0.717) is 17.1 Å². The van der Waals surface area contributed by atoms with Gasteiger partial charge in [-0.2, -0.15) is 0 Å². The van der Waals surface area contributed by atoms with E-state index in [1.165, 1.54) is 5.56 Å². The lowest BCUT2D eigenvalue weighted by atomic mass is 9.96. The van der Waals surface area contributed by atoms with E-state index in [0.717, 1.165) is 32.5 Å². The smallest absolute Gasteiger partial charge is 0.323 e. The van der Waals surface area contributed by atoms with E-state index < -0.39 is 0 Å². The van der Waals surface area contributed by atoms with Gasteiger partial charge in [-0.1, -0.05) is 54.6 Å². The van der Waals surface area contributed by atoms with Crippen molar-refractivity contribution in [2.75, 3.05) is 29.0 Å². The molecule has 4 rings (SSSR count). The second-order valence-electron chi connectivity index (χ2n) is 8.08. The molecule has 32 heavy (non-hydrogen) atoms. The Morgan fingerprint density at radius 3 is 2.16 bits per heavy atom. The second kappa shape index (κ2) is 10.6. The van der Waals surface area contributed by atoms with Crippen LogP contribution in [0.15, 0.2) is 84.9 Å². The number of nitrogens with zero attached hydrogens (tertiary/aromatic N) is 1. The van der Waals surface area contributed by atoms with Gasteiger partial charge in [-0.15, -0.1) is 0 Å². The van der Waals surface area contributed by atoms with Crippen LogP contribution in [-0.2, 0) is 11.3 Å². The molecular formula is C26H28N4O2. The van der Waals surface area contributed by atoms with Crippen LogP contribution >= 0.6 is 0 Å². The molecule has 1 saturated heterocycles. The molecule has 1 heterocycles. The van der Waals surface area contributed by atoms with Crippen molar-refractivity contribution in [2.24, 2.45) is 5.92 Å². The number of piperidine rings is 1. The lowest BCUT2D eigenvalue weighted by Crippen LogP contribution is -2.40. The number of urea groups is 1. The van der Waals surface area contributed by atoms with Gasteiger partial charge in [-0.05, 0) is 55.3 Å². The number of hydrogen-bond acceptors (Lipinski definition) is 3. The average molecular weight is 429 g/mol. The van der Waals surface area contributed by atoms with Gasteiger partial charge < -0.3 is 16.0 Å². The van der Waals surface area contributed by atoms with Gasteiger partial charge in [-0.3, -0.25) is 9.69 Å². The van der Waals surface area contributed by atoms with Crippen molar-refractivity contribution in [3.05, 3.63) is 90.5 Å². The first-order valence-electron chi connectivity index (χ1n) is 11.0. The molecule has 0 bridgehead atoms. The third-order valence-corrected chi connectivity index (χ3v) is 5.54. The first kappa shape index (κ1) is 21.6. The standard InChI is InChI=1S/C26H28N4O2/c31-25(21-11-8-16-30(19-21)18-20-9-3-1-4-10-20)27-23-14-7-15-24(17-23)29-26(32)28-22-12-5-2-6-13-22/h1-7,9-10,12-15,17,21H,8,11,16,18-19H2,(H,27,31)(H2,28,29,32)/t21-/m1/s1. The predicted octanol–water partition coefficient (Wildman–Crippen LogP) is 5.18. The molecule has 0 spiro atoms. The van der Waals surface area contributed by atoms with E-state index in [1.807, 2.05) is 60.7 Å². The van der Waals surface area contributed by atoms with Gasteiger partial charge in [0, 0.05) is 30.2 Å². The molecule has 3 aromatic carbocycles. The van der Waals surface area contributed by atoms with Crippen LogP contribution in [0, 0.1) is 5.92 Å². The molecule has 0 radical (unpaired) electrons. The molecule has 3 N–H and O–H groups in total. The van der Waals surface area contributed by atoms with Crippen LogP contribution in [-0.4, -0.2) is 29.9 Å². The molecule has 3 aromatic rings. The van der Waals surface area contributed by atoms with E-state index in [9.17, 15) is 9.59 Å². The molecule has 1 aliphatic heterocycles. The van der Waals surface area contributed by atoms with Crippen molar-refractivity contribution in [1.29, 1.82) is 0 Å².